The van der Waals surface area contributed by atoms with Crippen molar-refractivity contribution < 1.29 is 14.3 Å². The largest absolute Gasteiger partial charge is 0.458 e. The van der Waals surface area contributed by atoms with Crippen molar-refractivity contribution >= 4 is 11.8 Å². The molecule has 2 aliphatic carbocycles. The molecule has 0 saturated heterocycles. The van der Waals surface area contributed by atoms with E-state index in [1.165, 1.54) is 0 Å². The summed E-state index contributed by atoms with van der Waals surface area (Å²) in [6.45, 7) is 8.14. The Morgan fingerprint density at radius 1 is 1.29 bits per heavy atom. The maximum absolute atomic E-state index is 12.5. The van der Waals surface area contributed by atoms with E-state index in [4.69, 9.17) is 4.74 Å². The number of ether oxygens (including phenoxy) is 1. The summed E-state index contributed by atoms with van der Waals surface area (Å²) >= 11 is 0. The molecule has 24 heavy (non-hydrogen) atoms. The third kappa shape index (κ3) is 2.95. The summed E-state index contributed by atoms with van der Waals surface area (Å²) in [5.41, 5.74) is 2.52. The van der Waals surface area contributed by atoms with Gasteiger partial charge in [-0.2, -0.15) is 0 Å². The van der Waals surface area contributed by atoms with Gasteiger partial charge in [0.15, 0.2) is 5.78 Å². The number of ketones is 1. The summed E-state index contributed by atoms with van der Waals surface area (Å²) in [4.78, 5) is 24.3. The van der Waals surface area contributed by atoms with Crippen molar-refractivity contribution in [2.45, 2.75) is 45.6 Å². The molecule has 0 unspecified atom stereocenters. The van der Waals surface area contributed by atoms with E-state index in [1.807, 2.05) is 32.0 Å². The van der Waals surface area contributed by atoms with Gasteiger partial charge in [0.2, 0.25) is 0 Å². The number of carbonyl (C=O) groups is 2. The van der Waals surface area contributed by atoms with Crippen LogP contribution in [0, 0.1) is 11.3 Å². The van der Waals surface area contributed by atoms with Gasteiger partial charge in [-0.3, -0.25) is 4.79 Å². The maximum Gasteiger partial charge on any atom is 0.338 e. The molecule has 0 amide bonds. The molecule has 3 nitrogen and oxygen atoms in total. The zero-order chi connectivity index (χ0) is 17.3. The molecule has 1 saturated carbocycles. The van der Waals surface area contributed by atoms with Crippen LogP contribution in [-0.2, 0) is 9.53 Å². The Kier molecular flexibility index (Phi) is 4.44. The summed E-state index contributed by atoms with van der Waals surface area (Å²) in [7, 11) is 0. The highest BCUT2D eigenvalue weighted by Crippen LogP contribution is 2.54. The molecule has 0 bridgehead atoms. The molecule has 0 heterocycles. The first-order valence-corrected chi connectivity index (χ1v) is 8.55. The quantitative estimate of drug-likeness (QED) is 0.607. The monoisotopic (exact) mass is 324 g/mol. The molecular weight excluding hydrogens is 300 g/mol. The van der Waals surface area contributed by atoms with Crippen molar-refractivity contribution in [3.63, 3.8) is 0 Å². The number of rotatable bonds is 3. The summed E-state index contributed by atoms with van der Waals surface area (Å²) < 4.78 is 5.94. The molecule has 126 valence electrons. The van der Waals surface area contributed by atoms with Gasteiger partial charge >= 0.3 is 5.97 Å². The topological polar surface area (TPSA) is 43.4 Å². The Bertz CT molecular complexity index is 701. The average Bonchev–Trinajstić information content (AvgIpc) is 2.92. The summed E-state index contributed by atoms with van der Waals surface area (Å²) in [6, 6.07) is 9.09. The van der Waals surface area contributed by atoms with Crippen molar-refractivity contribution in [1.82, 2.24) is 0 Å². The Morgan fingerprint density at radius 3 is 2.62 bits per heavy atom. The first-order valence-electron chi connectivity index (χ1n) is 8.55. The van der Waals surface area contributed by atoms with Crippen molar-refractivity contribution in [3.8, 4) is 0 Å². The summed E-state index contributed by atoms with van der Waals surface area (Å²) in [5.74, 6) is 0.215. The van der Waals surface area contributed by atoms with E-state index >= 15 is 0 Å². The molecule has 1 aromatic carbocycles. The van der Waals surface area contributed by atoms with Crippen LogP contribution in [0.1, 0.15) is 49.9 Å². The molecule has 0 N–H and O–H groups in total. The number of hydrogen-bond donors (Lipinski definition) is 0. The first kappa shape index (κ1) is 16.7. The lowest BCUT2D eigenvalue weighted by Gasteiger charge is -2.38. The lowest BCUT2D eigenvalue weighted by Crippen LogP contribution is -2.37. The van der Waals surface area contributed by atoms with Crippen LogP contribution < -0.4 is 0 Å². The van der Waals surface area contributed by atoms with Crippen LogP contribution in [0.5, 0.6) is 0 Å². The van der Waals surface area contributed by atoms with Gasteiger partial charge in [0.1, 0.15) is 6.10 Å². The second-order valence-electron chi connectivity index (χ2n) is 7.19. The predicted octanol–water partition coefficient (Wildman–Crippen LogP) is 4.49. The number of benzene rings is 1. The van der Waals surface area contributed by atoms with Gasteiger partial charge in [-0.25, -0.2) is 4.79 Å². The minimum Gasteiger partial charge on any atom is -0.458 e. The number of allylic oxidation sites excluding steroid dienone is 2. The average molecular weight is 324 g/mol. The second kappa shape index (κ2) is 6.39. The Hall–Kier alpha value is -2.16. The van der Waals surface area contributed by atoms with E-state index in [2.05, 4.69) is 6.58 Å². The van der Waals surface area contributed by atoms with E-state index in [0.29, 0.717) is 17.9 Å². The van der Waals surface area contributed by atoms with E-state index in [1.54, 1.807) is 18.2 Å². The smallest absolute Gasteiger partial charge is 0.338 e. The zero-order valence-electron chi connectivity index (χ0n) is 14.4. The SMILES string of the molecule is C=C(C)[C@@H]1C[C@H](OC(=O)c2ccccc2)[C@@]2(CCC(=O)C=C2C)C1. The minimum atomic E-state index is -0.285. The highest BCUT2D eigenvalue weighted by Gasteiger charge is 2.51. The standard InChI is InChI=1S/C21H24O3/c1-14(2)17-12-19(24-20(23)16-7-5-4-6-8-16)21(13-17)10-9-18(22)11-15(21)3/h4-8,11,17,19H,1,9-10,12-13H2,2-3H3/t17-,19+,21+/m1/s1. The second-order valence-corrected chi connectivity index (χ2v) is 7.19. The van der Waals surface area contributed by atoms with Crippen LogP contribution in [0.3, 0.4) is 0 Å². The van der Waals surface area contributed by atoms with E-state index in [9.17, 15) is 9.59 Å². The Labute approximate surface area is 143 Å². The van der Waals surface area contributed by atoms with Crippen LogP contribution in [-0.4, -0.2) is 17.9 Å². The van der Waals surface area contributed by atoms with E-state index < -0.39 is 0 Å². The van der Waals surface area contributed by atoms with Gasteiger partial charge in [0.05, 0.1) is 5.56 Å². The van der Waals surface area contributed by atoms with Crippen LogP contribution in [0.4, 0.5) is 0 Å². The molecule has 3 atom stereocenters. The molecular formula is C21H24O3. The normalized spacial score (nSPS) is 29.4. The fraction of sp³-hybridized carbons (Fsp3) is 0.429. The van der Waals surface area contributed by atoms with Crippen molar-refractivity contribution in [2.24, 2.45) is 11.3 Å². The Balaban J connectivity index is 1.89. The lowest BCUT2D eigenvalue weighted by molar-refractivity contribution is -0.116. The van der Waals surface area contributed by atoms with Gasteiger partial charge < -0.3 is 4.74 Å². The molecule has 3 rings (SSSR count). The van der Waals surface area contributed by atoms with Crippen LogP contribution in [0.15, 0.2) is 54.1 Å². The molecule has 1 fully saturated rings. The third-order valence-electron chi connectivity index (χ3n) is 5.66. The van der Waals surface area contributed by atoms with E-state index in [-0.39, 0.29) is 23.3 Å². The third-order valence-corrected chi connectivity index (χ3v) is 5.66. The molecule has 3 heteroatoms. The Morgan fingerprint density at radius 2 is 2.00 bits per heavy atom. The van der Waals surface area contributed by atoms with Gasteiger partial charge in [-0.05, 0) is 57.2 Å². The predicted molar refractivity (Wildman–Crippen MR) is 93.6 cm³/mol. The van der Waals surface area contributed by atoms with Crippen molar-refractivity contribution in [2.75, 3.05) is 0 Å². The zero-order valence-corrected chi connectivity index (χ0v) is 14.4. The summed E-state index contributed by atoms with van der Waals surface area (Å²) in [6.07, 6.45) is 4.52. The van der Waals surface area contributed by atoms with Crippen molar-refractivity contribution in [3.05, 3.63) is 59.7 Å². The van der Waals surface area contributed by atoms with Crippen molar-refractivity contribution in [1.29, 1.82) is 0 Å². The minimum absolute atomic E-state index is 0.171. The van der Waals surface area contributed by atoms with Crippen LogP contribution in [0.25, 0.3) is 0 Å². The highest BCUT2D eigenvalue weighted by atomic mass is 16.5. The fourth-order valence-corrected chi connectivity index (χ4v) is 4.13. The maximum atomic E-state index is 12.5. The molecule has 0 aromatic heterocycles. The molecule has 2 aliphatic rings. The van der Waals surface area contributed by atoms with Gasteiger partial charge in [-0.1, -0.05) is 35.9 Å². The highest BCUT2D eigenvalue weighted by molar-refractivity contribution is 5.92. The summed E-state index contributed by atoms with van der Waals surface area (Å²) in [5, 5.41) is 0. The van der Waals surface area contributed by atoms with Gasteiger partial charge in [0.25, 0.3) is 0 Å². The fourth-order valence-electron chi connectivity index (χ4n) is 4.13. The molecule has 1 aromatic rings. The number of hydrogen-bond acceptors (Lipinski definition) is 3. The first-order chi connectivity index (χ1) is 11.4. The van der Waals surface area contributed by atoms with Gasteiger partial charge in [-0.15, -0.1) is 0 Å². The molecule has 0 aliphatic heterocycles. The lowest BCUT2D eigenvalue weighted by atomic mass is 9.69. The number of carbonyl (C=O) groups excluding carboxylic acids is 2. The molecule has 1 spiro atoms. The van der Waals surface area contributed by atoms with Crippen LogP contribution in [0.2, 0.25) is 0 Å². The molecule has 0 radical (unpaired) electrons. The number of esters is 1. The van der Waals surface area contributed by atoms with Crippen LogP contribution >= 0.6 is 0 Å². The van der Waals surface area contributed by atoms with E-state index in [0.717, 1.165) is 30.4 Å². The van der Waals surface area contributed by atoms with Gasteiger partial charge in [0, 0.05) is 11.8 Å².